The normalized spacial score (nSPS) is 29.2. The van der Waals surface area contributed by atoms with Gasteiger partial charge in [0.2, 0.25) is 0 Å². The van der Waals surface area contributed by atoms with Crippen molar-refractivity contribution in [3.05, 3.63) is 29.6 Å². The minimum absolute atomic E-state index is 0.649. The van der Waals surface area contributed by atoms with Gasteiger partial charge in [0.25, 0.3) is 0 Å². The number of aromatic nitrogens is 2. The number of nitrogens with one attached hydrogen (secondary N) is 1. The molecule has 4 atom stereocenters. The molecule has 1 aromatic heterocycles. The maximum atomic E-state index is 4.52. The molecule has 2 aliphatic carbocycles. The lowest BCUT2D eigenvalue weighted by atomic mass is 9.87. The minimum atomic E-state index is 0.649. The molecule has 3 heteroatoms. The molecule has 3 rings (SSSR count). The summed E-state index contributed by atoms with van der Waals surface area (Å²) in [6.07, 6.45) is 8.84. The van der Waals surface area contributed by atoms with Crippen molar-refractivity contribution in [1.82, 2.24) is 15.1 Å². The van der Waals surface area contributed by atoms with Gasteiger partial charge in [-0.1, -0.05) is 12.2 Å². The van der Waals surface area contributed by atoms with E-state index in [2.05, 4.69) is 54.1 Å². The summed E-state index contributed by atoms with van der Waals surface area (Å²) in [7, 11) is 0. The first-order chi connectivity index (χ1) is 9.63. The van der Waals surface area contributed by atoms with Crippen molar-refractivity contribution in [2.75, 3.05) is 6.54 Å². The lowest BCUT2D eigenvalue weighted by molar-refractivity contribution is 0.324. The summed E-state index contributed by atoms with van der Waals surface area (Å²) in [5.74, 6) is 2.58. The summed E-state index contributed by atoms with van der Waals surface area (Å²) in [5.41, 5.74) is 2.39. The zero-order chi connectivity index (χ0) is 14.1. The van der Waals surface area contributed by atoms with E-state index in [-0.39, 0.29) is 0 Å². The van der Waals surface area contributed by atoms with Crippen LogP contribution in [0, 0.1) is 31.6 Å². The van der Waals surface area contributed by atoms with Crippen molar-refractivity contribution in [3.63, 3.8) is 0 Å². The second kappa shape index (κ2) is 5.72. The summed E-state index contributed by atoms with van der Waals surface area (Å²) < 4.78 is 2.13. The molecular weight excluding hydrogens is 246 g/mol. The second-order valence-electron chi connectivity index (χ2n) is 6.69. The van der Waals surface area contributed by atoms with Crippen LogP contribution < -0.4 is 5.32 Å². The van der Waals surface area contributed by atoms with E-state index in [1.165, 1.54) is 18.5 Å². The van der Waals surface area contributed by atoms with E-state index < -0.39 is 0 Å². The van der Waals surface area contributed by atoms with Crippen molar-refractivity contribution >= 4 is 0 Å². The van der Waals surface area contributed by atoms with Gasteiger partial charge >= 0.3 is 0 Å². The molecule has 1 heterocycles. The fourth-order valence-electron chi connectivity index (χ4n) is 4.01. The van der Waals surface area contributed by atoms with E-state index in [0.29, 0.717) is 6.04 Å². The number of rotatable bonds is 6. The number of aryl methyl sites for hydroxylation is 3. The van der Waals surface area contributed by atoms with E-state index in [4.69, 9.17) is 0 Å². The van der Waals surface area contributed by atoms with Crippen molar-refractivity contribution < 1.29 is 0 Å². The summed E-state index contributed by atoms with van der Waals surface area (Å²) >= 11 is 0. The van der Waals surface area contributed by atoms with Gasteiger partial charge < -0.3 is 5.32 Å². The number of fused-ring (bicyclic) bond motifs is 2. The van der Waals surface area contributed by atoms with Crippen LogP contribution in [-0.4, -0.2) is 22.4 Å². The third-order valence-corrected chi connectivity index (χ3v) is 5.09. The first-order valence-electron chi connectivity index (χ1n) is 8.06. The molecule has 0 aliphatic heterocycles. The Balaban J connectivity index is 1.40. The van der Waals surface area contributed by atoms with Crippen LogP contribution in [-0.2, 0) is 6.54 Å². The average molecular weight is 273 g/mol. The van der Waals surface area contributed by atoms with Gasteiger partial charge in [-0.15, -0.1) is 0 Å². The van der Waals surface area contributed by atoms with Crippen LogP contribution in [0.15, 0.2) is 18.2 Å². The van der Waals surface area contributed by atoms with Crippen molar-refractivity contribution in [2.45, 2.75) is 52.6 Å². The Morgan fingerprint density at radius 3 is 2.80 bits per heavy atom. The molecule has 0 saturated heterocycles. The molecule has 3 nitrogen and oxygen atoms in total. The summed E-state index contributed by atoms with van der Waals surface area (Å²) in [5, 5.41) is 8.25. The smallest absolute Gasteiger partial charge is 0.0596 e. The summed E-state index contributed by atoms with van der Waals surface area (Å²) in [4.78, 5) is 0. The van der Waals surface area contributed by atoms with Gasteiger partial charge in [-0.3, -0.25) is 4.68 Å². The molecule has 110 valence electrons. The SMILES string of the molecule is Cc1cc(C)n(CCCNC(C)C2CC3C=CC2C3)n1. The van der Waals surface area contributed by atoms with Crippen LogP contribution in [0.5, 0.6) is 0 Å². The molecule has 0 spiro atoms. The Morgan fingerprint density at radius 2 is 2.20 bits per heavy atom. The Bertz CT molecular complexity index is 488. The van der Waals surface area contributed by atoms with Crippen LogP contribution in [0.4, 0.5) is 0 Å². The van der Waals surface area contributed by atoms with Gasteiger partial charge in [0.1, 0.15) is 0 Å². The van der Waals surface area contributed by atoms with E-state index in [1.807, 2.05) is 0 Å². The summed E-state index contributed by atoms with van der Waals surface area (Å²) in [6, 6.07) is 2.80. The quantitative estimate of drug-likeness (QED) is 0.637. The van der Waals surface area contributed by atoms with E-state index in [1.54, 1.807) is 0 Å². The molecule has 2 bridgehead atoms. The van der Waals surface area contributed by atoms with E-state index in [0.717, 1.165) is 43.0 Å². The number of nitrogens with zero attached hydrogens (tertiary/aromatic N) is 2. The van der Waals surface area contributed by atoms with Crippen molar-refractivity contribution in [1.29, 1.82) is 0 Å². The molecule has 0 aromatic carbocycles. The topological polar surface area (TPSA) is 29.9 Å². The fraction of sp³-hybridized carbons (Fsp3) is 0.706. The molecule has 1 fully saturated rings. The van der Waals surface area contributed by atoms with Gasteiger partial charge in [-0.2, -0.15) is 5.10 Å². The number of hydrogen-bond acceptors (Lipinski definition) is 2. The molecule has 20 heavy (non-hydrogen) atoms. The van der Waals surface area contributed by atoms with Gasteiger partial charge in [-0.25, -0.2) is 0 Å². The standard InChI is InChI=1S/C17H27N3/c1-12-9-13(2)20(19-12)8-4-7-18-14(3)17-11-15-5-6-16(17)10-15/h5-6,9,14-18H,4,7-8,10-11H2,1-3H3. The molecule has 0 amide bonds. The Kier molecular flexibility index (Phi) is 3.97. The summed E-state index contributed by atoms with van der Waals surface area (Å²) in [6.45, 7) is 8.68. The fourth-order valence-corrected chi connectivity index (χ4v) is 4.01. The van der Waals surface area contributed by atoms with Gasteiger partial charge in [0.05, 0.1) is 5.69 Å². The molecule has 0 radical (unpaired) electrons. The van der Waals surface area contributed by atoms with Gasteiger partial charge in [0.15, 0.2) is 0 Å². The average Bonchev–Trinajstić information content (AvgIpc) is 3.10. The van der Waals surface area contributed by atoms with Crippen LogP contribution in [0.25, 0.3) is 0 Å². The lowest BCUT2D eigenvalue weighted by Gasteiger charge is -2.26. The highest BCUT2D eigenvalue weighted by Crippen LogP contribution is 2.44. The monoisotopic (exact) mass is 273 g/mol. The first kappa shape index (κ1) is 13.9. The Hall–Kier alpha value is -1.09. The van der Waals surface area contributed by atoms with Crippen LogP contribution >= 0.6 is 0 Å². The van der Waals surface area contributed by atoms with Gasteiger partial charge in [0, 0.05) is 18.3 Å². The predicted octanol–water partition coefficient (Wildman–Crippen LogP) is 3.08. The highest BCUT2D eigenvalue weighted by Gasteiger charge is 2.38. The lowest BCUT2D eigenvalue weighted by Crippen LogP contribution is -2.36. The van der Waals surface area contributed by atoms with Crippen LogP contribution in [0.1, 0.15) is 37.6 Å². The second-order valence-corrected chi connectivity index (χ2v) is 6.69. The highest BCUT2D eigenvalue weighted by molar-refractivity contribution is 5.11. The van der Waals surface area contributed by atoms with Crippen molar-refractivity contribution in [3.8, 4) is 0 Å². The first-order valence-corrected chi connectivity index (χ1v) is 8.06. The third-order valence-electron chi connectivity index (χ3n) is 5.09. The number of hydrogen-bond donors (Lipinski definition) is 1. The predicted molar refractivity (Wildman–Crippen MR) is 82.6 cm³/mol. The molecule has 1 aromatic rings. The molecule has 1 saturated carbocycles. The Labute approximate surface area is 122 Å². The highest BCUT2D eigenvalue weighted by atomic mass is 15.3. The number of allylic oxidation sites excluding steroid dienone is 2. The van der Waals surface area contributed by atoms with E-state index >= 15 is 0 Å². The molecule has 1 N–H and O–H groups in total. The zero-order valence-corrected chi connectivity index (χ0v) is 13.0. The van der Waals surface area contributed by atoms with Crippen molar-refractivity contribution in [2.24, 2.45) is 17.8 Å². The minimum Gasteiger partial charge on any atom is -0.314 e. The van der Waals surface area contributed by atoms with E-state index in [9.17, 15) is 0 Å². The Morgan fingerprint density at radius 1 is 1.35 bits per heavy atom. The molecular formula is C17H27N3. The van der Waals surface area contributed by atoms with Crippen LogP contribution in [0.2, 0.25) is 0 Å². The third kappa shape index (κ3) is 2.83. The van der Waals surface area contributed by atoms with Gasteiger partial charge in [-0.05, 0) is 70.4 Å². The van der Waals surface area contributed by atoms with Crippen LogP contribution in [0.3, 0.4) is 0 Å². The molecule has 4 unspecified atom stereocenters. The maximum absolute atomic E-state index is 4.52. The zero-order valence-electron chi connectivity index (χ0n) is 13.0. The maximum Gasteiger partial charge on any atom is 0.0596 e. The largest absolute Gasteiger partial charge is 0.314 e. The molecule has 2 aliphatic rings.